The van der Waals surface area contributed by atoms with Gasteiger partial charge in [-0.25, -0.2) is 0 Å². The Kier molecular flexibility index (Phi) is 3.50. The maximum Gasteiger partial charge on any atom is 0.192 e. The van der Waals surface area contributed by atoms with E-state index >= 15 is 0 Å². The van der Waals surface area contributed by atoms with Gasteiger partial charge in [-0.2, -0.15) is 0 Å². The van der Waals surface area contributed by atoms with E-state index in [1.54, 1.807) is 12.1 Å². The van der Waals surface area contributed by atoms with E-state index in [9.17, 15) is 4.79 Å². The highest BCUT2D eigenvalue weighted by atomic mass is 79.9. The zero-order chi connectivity index (χ0) is 13.4. The Hall–Kier alpha value is -1.07. The van der Waals surface area contributed by atoms with Crippen molar-refractivity contribution in [3.63, 3.8) is 0 Å². The standard InChI is InChI=1S/C14H15BrO4/c1-8-2-3-11(19-8)14(16)9-6-12-13(7-10(9)15)18-5-4-17-12/h6-8,11H,2-5H2,1H3. The summed E-state index contributed by atoms with van der Waals surface area (Å²) in [5.41, 5.74) is 0.600. The second-order valence-corrected chi connectivity index (χ2v) is 5.71. The van der Waals surface area contributed by atoms with E-state index in [4.69, 9.17) is 14.2 Å². The molecule has 2 atom stereocenters. The molecule has 2 heterocycles. The number of fused-ring (bicyclic) bond motifs is 1. The van der Waals surface area contributed by atoms with Gasteiger partial charge in [0, 0.05) is 10.0 Å². The number of hydrogen-bond acceptors (Lipinski definition) is 4. The van der Waals surface area contributed by atoms with Crippen LogP contribution in [0.5, 0.6) is 11.5 Å². The molecule has 2 aliphatic heterocycles. The third kappa shape index (κ3) is 2.49. The van der Waals surface area contributed by atoms with Crippen molar-refractivity contribution in [2.24, 2.45) is 0 Å². The van der Waals surface area contributed by atoms with Crippen LogP contribution in [0.15, 0.2) is 16.6 Å². The van der Waals surface area contributed by atoms with Crippen molar-refractivity contribution < 1.29 is 19.0 Å². The van der Waals surface area contributed by atoms with Gasteiger partial charge in [-0.1, -0.05) is 0 Å². The minimum Gasteiger partial charge on any atom is -0.486 e. The normalized spacial score (nSPS) is 25.4. The van der Waals surface area contributed by atoms with Crippen LogP contribution in [-0.2, 0) is 4.74 Å². The minimum atomic E-state index is -0.339. The van der Waals surface area contributed by atoms with E-state index in [0.717, 1.165) is 17.3 Å². The lowest BCUT2D eigenvalue weighted by Gasteiger charge is -2.20. The fourth-order valence-corrected chi connectivity index (χ4v) is 2.94. The zero-order valence-corrected chi connectivity index (χ0v) is 12.2. The predicted molar refractivity (Wildman–Crippen MR) is 73.0 cm³/mol. The highest BCUT2D eigenvalue weighted by molar-refractivity contribution is 9.10. The molecular formula is C14H15BrO4. The van der Waals surface area contributed by atoms with Gasteiger partial charge >= 0.3 is 0 Å². The average Bonchev–Trinajstić information content (AvgIpc) is 2.84. The van der Waals surface area contributed by atoms with E-state index in [-0.39, 0.29) is 18.0 Å². The van der Waals surface area contributed by atoms with Crippen LogP contribution in [0.3, 0.4) is 0 Å². The number of carbonyl (C=O) groups is 1. The Morgan fingerprint density at radius 1 is 1.21 bits per heavy atom. The first-order chi connectivity index (χ1) is 9.15. The van der Waals surface area contributed by atoms with Gasteiger partial charge in [-0.15, -0.1) is 0 Å². The quantitative estimate of drug-likeness (QED) is 0.784. The minimum absolute atomic E-state index is 0.00759. The van der Waals surface area contributed by atoms with E-state index in [1.807, 2.05) is 6.92 Å². The molecule has 0 N–H and O–H groups in total. The number of carbonyl (C=O) groups excluding carboxylic acids is 1. The molecule has 0 saturated carbocycles. The van der Waals surface area contributed by atoms with Crippen LogP contribution in [0, 0.1) is 0 Å². The molecular weight excluding hydrogens is 312 g/mol. The summed E-state index contributed by atoms with van der Waals surface area (Å²) in [6, 6.07) is 3.54. The van der Waals surface area contributed by atoms with Crippen molar-refractivity contribution in [3.05, 3.63) is 22.2 Å². The van der Waals surface area contributed by atoms with Crippen LogP contribution in [-0.4, -0.2) is 31.2 Å². The number of halogens is 1. The Labute approximate surface area is 120 Å². The van der Waals surface area contributed by atoms with E-state index < -0.39 is 0 Å². The molecule has 0 aromatic heterocycles. The topological polar surface area (TPSA) is 44.8 Å². The smallest absolute Gasteiger partial charge is 0.192 e. The van der Waals surface area contributed by atoms with Gasteiger partial charge in [0.1, 0.15) is 19.3 Å². The van der Waals surface area contributed by atoms with Crippen LogP contribution >= 0.6 is 15.9 Å². The molecule has 1 aromatic carbocycles. The molecule has 0 amide bonds. The van der Waals surface area contributed by atoms with Gasteiger partial charge in [0.05, 0.1) is 6.10 Å². The van der Waals surface area contributed by atoms with Crippen LogP contribution in [0.2, 0.25) is 0 Å². The van der Waals surface area contributed by atoms with Crippen LogP contribution < -0.4 is 9.47 Å². The Morgan fingerprint density at radius 3 is 2.53 bits per heavy atom. The summed E-state index contributed by atoms with van der Waals surface area (Å²) in [6.07, 6.45) is 1.53. The summed E-state index contributed by atoms with van der Waals surface area (Å²) >= 11 is 3.43. The van der Waals surface area contributed by atoms with Crippen LogP contribution in [0.25, 0.3) is 0 Å². The average molecular weight is 327 g/mol. The molecule has 0 bridgehead atoms. The summed E-state index contributed by atoms with van der Waals surface area (Å²) in [5.74, 6) is 1.31. The van der Waals surface area contributed by atoms with Crippen molar-refractivity contribution in [2.45, 2.75) is 32.0 Å². The predicted octanol–water partition coefficient (Wildman–Crippen LogP) is 2.97. The first-order valence-electron chi connectivity index (χ1n) is 6.44. The summed E-state index contributed by atoms with van der Waals surface area (Å²) in [4.78, 5) is 12.4. The molecule has 3 rings (SSSR count). The lowest BCUT2D eigenvalue weighted by molar-refractivity contribution is 0.0432. The van der Waals surface area contributed by atoms with Crippen LogP contribution in [0.1, 0.15) is 30.1 Å². The Morgan fingerprint density at radius 2 is 1.89 bits per heavy atom. The molecule has 1 aromatic rings. The molecule has 102 valence electrons. The fraction of sp³-hybridized carbons (Fsp3) is 0.500. The van der Waals surface area contributed by atoms with E-state index in [1.165, 1.54) is 0 Å². The second-order valence-electron chi connectivity index (χ2n) is 4.85. The van der Waals surface area contributed by atoms with Gasteiger partial charge < -0.3 is 14.2 Å². The third-order valence-electron chi connectivity index (χ3n) is 3.42. The van der Waals surface area contributed by atoms with Gasteiger partial charge in [0.25, 0.3) is 0 Å². The lowest BCUT2D eigenvalue weighted by Crippen LogP contribution is -2.22. The Bertz CT molecular complexity index is 514. The van der Waals surface area contributed by atoms with Crippen molar-refractivity contribution in [1.82, 2.24) is 0 Å². The monoisotopic (exact) mass is 326 g/mol. The lowest BCUT2D eigenvalue weighted by atomic mass is 10.0. The molecule has 1 saturated heterocycles. The molecule has 5 heteroatoms. The number of ketones is 1. The van der Waals surface area contributed by atoms with E-state index in [0.29, 0.717) is 30.3 Å². The SMILES string of the molecule is CC1CCC(C(=O)c2cc3c(cc2Br)OCCO3)O1. The molecule has 4 nitrogen and oxygen atoms in total. The highest BCUT2D eigenvalue weighted by Crippen LogP contribution is 2.37. The molecule has 1 fully saturated rings. The van der Waals surface area contributed by atoms with Gasteiger partial charge in [-0.3, -0.25) is 4.79 Å². The highest BCUT2D eigenvalue weighted by Gasteiger charge is 2.31. The molecule has 19 heavy (non-hydrogen) atoms. The molecule has 0 radical (unpaired) electrons. The van der Waals surface area contributed by atoms with Gasteiger partial charge in [0.15, 0.2) is 17.3 Å². The van der Waals surface area contributed by atoms with Crippen LogP contribution in [0.4, 0.5) is 0 Å². The van der Waals surface area contributed by atoms with Crippen molar-refractivity contribution in [3.8, 4) is 11.5 Å². The number of Topliss-reactive ketones (excluding diaryl/α,β-unsaturated/α-hetero) is 1. The Balaban J connectivity index is 1.89. The summed E-state index contributed by atoms with van der Waals surface area (Å²) < 4.78 is 17.4. The summed E-state index contributed by atoms with van der Waals surface area (Å²) in [5, 5.41) is 0. The summed E-state index contributed by atoms with van der Waals surface area (Å²) in [7, 11) is 0. The second kappa shape index (κ2) is 5.13. The first-order valence-corrected chi connectivity index (χ1v) is 7.23. The van der Waals surface area contributed by atoms with Crippen molar-refractivity contribution in [2.75, 3.05) is 13.2 Å². The zero-order valence-electron chi connectivity index (χ0n) is 10.6. The maximum atomic E-state index is 12.4. The number of benzene rings is 1. The third-order valence-corrected chi connectivity index (χ3v) is 4.08. The first kappa shape index (κ1) is 12.9. The van der Waals surface area contributed by atoms with Gasteiger partial charge in [0.2, 0.25) is 0 Å². The maximum absolute atomic E-state index is 12.4. The molecule has 0 spiro atoms. The van der Waals surface area contributed by atoms with E-state index in [2.05, 4.69) is 15.9 Å². The summed E-state index contributed by atoms with van der Waals surface area (Å²) in [6.45, 7) is 3.04. The van der Waals surface area contributed by atoms with Crippen molar-refractivity contribution in [1.29, 1.82) is 0 Å². The molecule has 2 aliphatic rings. The van der Waals surface area contributed by atoms with Gasteiger partial charge in [-0.05, 0) is 47.8 Å². The largest absolute Gasteiger partial charge is 0.486 e. The molecule has 0 aliphatic carbocycles. The number of ether oxygens (including phenoxy) is 3. The number of rotatable bonds is 2. The van der Waals surface area contributed by atoms with Crippen molar-refractivity contribution >= 4 is 21.7 Å². The fourth-order valence-electron chi connectivity index (χ4n) is 2.42. The number of hydrogen-bond donors (Lipinski definition) is 0. The molecule has 2 unspecified atom stereocenters.